The third kappa shape index (κ3) is 4.72. The number of hydrogen-bond donors (Lipinski definition) is 1. The van der Waals surface area contributed by atoms with E-state index in [9.17, 15) is 8.42 Å². The van der Waals surface area contributed by atoms with Gasteiger partial charge in [0.1, 0.15) is 18.3 Å². The van der Waals surface area contributed by atoms with E-state index in [1.54, 1.807) is 23.9 Å². The minimum Gasteiger partial charge on any atom is -0.409 e. The standard InChI is InChI=1S/C16H20ClN3O4S2/c1-23-7-6-19(14-5-8-26(21,22)10-14)11-20-16(25)24-15(18-20)12-3-2-4-13(17)9-12/h2-4,9,14H,5-8,10-11H2,1H3/p+1/t14-/m1/s1. The van der Waals surface area contributed by atoms with Crippen LogP contribution in [0.2, 0.25) is 5.02 Å². The highest BCUT2D eigenvalue weighted by molar-refractivity contribution is 7.91. The highest BCUT2D eigenvalue weighted by Gasteiger charge is 2.35. The minimum atomic E-state index is -2.97. The fourth-order valence-corrected chi connectivity index (χ4v) is 5.30. The summed E-state index contributed by atoms with van der Waals surface area (Å²) in [5.74, 6) is 0.799. The van der Waals surface area contributed by atoms with Crippen LogP contribution in [0, 0.1) is 4.84 Å². The second kappa shape index (κ2) is 8.18. The zero-order valence-electron chi connectivity index (χ0n) is 14.4. The lowest BCUT2D eigenvalue weighted by molar-refractivity contribution is -0.945. The Morgan fingerprint density at radius 3 is 2.96 bits per heavy atom. The van der Waals surface area contributed by atoms with Crippen LogP contribution in [0.4, 0.5) is 0 Å². The van der Waals surface area contributed by atoms with Gasteiger partial charge in [-0.05, 0) is 30.4 Å². The fourth-order valence-electron chi connectivity index (χ4n) is 3.10. The smallest absolute Gasteiger partial charge is 0.292 e. The van der Waals surface area contributed by atoms with Gasteiger partial charge in [-0.15, -0.1) is 5.10 Å². The Hall–Kier alpha value is -1.26. The number of sulfone groups is 1. The van der Waals surface area contributed by atoms with E-state index in [2.05, 4.69) is 5.10 Å². The number of quaternary nitrogens is 1. The topological polar surface area (TPSA) is 78.8 Å². The van der Waals surface area contributed by atoms with E-state index >= 15 is 0 Å². The second-order valence-corrected chi connectivity index (χ2v) is 9.36. The average Bonchev–Trinajstić information content (AvgIpc) is 3.14. The molecule has 1 fully saturated rings. The van der Waals surface area contributed by atoms with E-state index in [-0.39, 0.29) is 22.4 Å². The monoisotopic (exact) mass is 418 g/mol. The van der Waals surface area contributed by atoms with Crippen molar-refractivity contribution in [1.82, 2.24) is 9.78 Å². The molecule has 1 N–H and O–H groups in total. The molecule has 2 heterocycles. The normalized spacial score (nSPS) is 20.3. The zero-order valence-corrected chi connectivity index (χ0v) is 16.7. The van der Waals surface area contributed by atoms with Crippen molar-refractivity contribution in [3.05, 3.63) is 34.1 Å². The lowest BCUT2D eigenvalue weighted by atomic mass is 10.2. The summed E-state index contributed by atoms with van der Waals surface area (Å²) in [6.45, 7) is 1.61. The van der Waals surface area contributed by atoms with Gasteiger partial charge in [0.15, 0.2) is 16.5 Å². The fraction of sp³-hybridized carbons (Fsp3) is 0.500. The van der Waals surface area contributed by atoms with Crippen molar-refractivity contribution in [1.29, 1.82) is 0 Å². The molecule has 1 aliphatic heterocycles. The van der Waals surface area contributed by atoms with Gasteiger partial charge in [-0.1, -0.05) is 17.7 Å². The van der Waals surface area contributed by atoms with Gasteiger partial charge >= 0.3 is 0 Å². The Balaban J connectivity index is 1.81. The van der Waals surface area contributed by atoms with Crippen LogP contribution in [0.3, 0.4) is 0 Å². The van der Waals surface area contributed by atoms with Crippen molar-refractivity contribution < 1.29 is 22.5 Å². The van der Waals surface area contributed by atoms with Crippen LogP contribution in [-0.2, 0) is 21.2 Å². The molecule has 0 spiro atoms. The maximum Gasteiger partial charge on any atom is 0.292 e. The summed E-state index contributed by atoms with van der Waals surface area (Å²) in [4.78, 5) is 1.31. The molecule has 142 valence electrons. The first kappa shape index (κ1) is 19.5. The molecule has 0 aliphatic carbocycles. The Kier molecular flexibility index (Phi) is 6.13. The van der Waals surface area contributed by atoms with Crippen molar-refractivity contribution in [3.63, 3.8) is 0 Å². The van der Waals surface area contributed by atoms with Gasteiger partial charge in [0.25, 0.3) is 4.84 Å². The first-order chi connectivity index (χ1) is 12.4. The summed E-state index contributed by atoms with van der Waals surface area (Å²) in [5.41, 5.74) is 0.740. The van der Waals surface area contributed by atoms with Crippen molar-refractivity contribution in [2.24, 2.45) is 0 Å². The van der Waals surface area contributed by atoms with Crippen LogP contribution in [-0.4, -0.2) is 56.0 Å². The quantitative estimate of drug-likeness (QED) is 0.681. The number of halogens is 1. The lowest BCUT2D eigenvalue weighted by Gasteiger charge is -2.24. The van der Waals surface area contributed by atoms with E-state index in [0.717, 1.165) is 10.5 Å². The summed E-state index contributed by atoms with van der Waals surface area (Å²) in [5, 5.41) is 5.04. The van der Waals surface area contributed by atoms with Gasteiger partial charge in [0.05, 0.1) is 12.4 Å². The highest BCUT2D eigenvalue weighted by atomic mass is 35.5. The summed E-state index contributed by atoms with van der Waals surface area (Å²) >= 11 is 11.3. The Bertz CT molecular complexity index is 926. The number of ether oxygens (including phenoxy) is 1. The molecule has 26 heavy (non-hydrogen) atoms. The third-order valence-corrected chi connectivity index (χ3v) is 6.76. The minimum absolute atomic E-state index is 0.00312. The molecule has 10 heteroatoms. The number of hydrogen-bond acceptors (Lipinski definition) is 6. The summed E-state index contributed by atoms with van der Waals surface area (Å²) in [7, 11) is -1.34. The Morgan fingerprint density at radius 1 is 1.50 bits per heavy atom. The molecular weight excluding hydrogens is 398 g/mol. The molecule has 2 atom stereocenters. The molecular formula is C16H21ClN3O4S2+. The van der Waals surface area contributed by atoms with E-state index in [1.807, 2.05) is 12.1 Å². The van der Waals surface area contributed by atoms with Crippen molar-refractivity contribution in [2.75, 3.05) is 31.8 Å². The maximum absolute atomic E-state index is 11.8. The van der Waals surface area contributed by atoms with Crippen LogP contribution >= 0.6 is 23.8 Å². The highest BCUT2D eigenvalue weighted by Crippen LogP contribution is 2.21. The predicted octanol–water partition coefficient (Wildman–Crippen LogP) is 1.20. The van der Waals surface area contributed by atoms with Crippen LogP contribution in [0.15, 0.2) is 28.7 Å². The molecule has 1 saturated heterocycles. The lowest BCUT2D eigenvalue weighted by Crippen LogP contribution is -3.16. The first-order valence-electron chi connectivity index (χ1n) is 8.26. The van der Waals surface area contributed by atoms with Gasteiger partial charge in [-0.3, -0.25) is 0 Å². The van der Waals surface area contributed by atoms with E-state index in [4.69, 9.17) is 33.0 Å². The number of nitrogens with zero attached hydrogens (tertiary/aromatic N) is 2. The molecule has 0 amide bonds. The number of benzene rings is 1. The summed E-state index contributed by atoms with van der Waals surface area (Å²) < 4.78 is 36.1. The van der Waals surface area contributed by atoms with E-state index in [1.165, 1.54) is 0 Å². The Labute approximate surface area is 162 Å². The van der Waals surface area contributed by atoms with Crippen molar-refractivity contribution >= 4 is 33.7 Å². The maximum atomic E-state index is 11.8. The van der Waals surface area contributed by atoms with E-state index in [0.29, 0.717) is 37.2 Å². The van der Waals surface area contributed by atoms with Gasteiger partial charge < -0.3 is 14.1 Å². The largest absolute Gasteiger partial charge is 0.409 e. The number of nitrogens with one attached hydrogen (secondary N) is 1. The number of rotatable bonds is 7. The molecule has 0 saturated carbocycles. The molecule has 1 unspecified atom stereocenters. The molecule has 0 bridgehead atoms. The second-order valence-electron chi connectivity index (χ2n) is 6.34. The zero-order chi connectivity index (χ0) is 18.7. The van der Waals surface area contributed by atoms with Crippen LogP contribution in [0.25, 0.3) is 11.5 Å². The van der Waals surface area contributed by atoms with Crippen LogP contribution in [0.1, 0.15) is 6.42 Å². The molecule has 1 aromatic carbocycles. The number of aromatic nitrogens is 2. The van der Waals surface area contributed by atoms with Crippen molar-refractivity contribution in [2.45, 2.75) is 19.1 Å². The molecule has 7 nitrogen and oxygen atoms in total. The molecule has 0 radical (unpaired) electrons. The molecule has 1 aliphatic rings. The average molecular weight is 419 g/mol. The third-order valence-electron chi connectivity index (χ3n) is 4.47. The molecule has 2 aromatic rings. The Morgan fingerprint density at radius 2 is 2.31 bits per heavy atom. The van der Waals surface area contributed by atoms with E-state index < -0.39 is 9.84 Å². The van der Waals surface area contributed by atoms with Gasteiger partial charge in [0, 0.05) is 24.1 Å². The predicted molar refractivity (Wildman–Crippen MR) is 101 cm³/mol. The van der Waals surface area contributed by atoms with Gasteiger partial charge in [-0.25, -0.2) is 8.42 Å². The summed E-state index contributed by atoms with van der Waals surface area (Å²) in [6, 6.07) is 7.19. The summed E-state index contributed by atoms with van der Waals surface area (Å²) in [6.07, 6.45) is 0.633. The van der Waals surface area contributed by atoms with Crippen molar-refractivity contribution in [3.8, 4) is 11.5 Å². The van der Waals surface area contributed by atoms with Gasteiger partial charge in [-0.2, -0.15) is 4.68 Å². The molecule has 1 aromatic heterocycles. The SMILES string of the molecule is COCC[NH+](Cn1nc(-c2cccc(Cl)c2)oc1=S)[C@@H]1CCS(=O)(=O)C1. The van der Waals surface area contributed by atoms with Crippen LogP contribution < -0.4 is 4.90 Å². The first-order valence-corrected chi connectivity index (χ1v) is 10.9. The molecule has 3 rings (SSSR count). The van der Waals surface area contributed by atoms with Crippen LogP contribution in [0.5, 0.6) is 0 Å². The number of methoxy groups -OCH3 is 1. The van der Waals surface area contributed by atoms with Gasteiger partial charge in [0.2, 0.25) is 5.89 Å².